The second-order valence-electron chi connectivity index (χ2n) is 11.9. The van der Waals surface area contributed by atoms with Gasteiger partial charge in [-0.2, -0.15) is 5.10 Å². The van der Waals surface area contributed by atoms with Crippen LogP contribution in [0.15, 0.2) is 18.2 Å². The minimum absolute atomic E-state index is 0.0814. The highest BCUT2D eigenvalue weighted by molar-refractivity contribution is 6.11. The van der Waals surface area contributed by atoms with Crippen molar-refractivity contribution in [2.24, 2.45) is 13.0 Å². The van der Waals surface area contributed by atoms with Gasteiger partial charge in [0.2, 0.25) is 11.8 Å². The number of rotatable bonds is 9. The Labute approximate surface area is 236 Å². The van der Waals surface area contributed by atoms with E-state index in [1.54, 1.807) is 11.7 Å². The van der Waals surface area contributed by atoms with Gasteiger partial charge in [0.1, 0.15) is 0 Å². The number of nitrogens with one attached hydrogen (secondary N) is 2. The molecule has 2 N–H and O–H groups in total. The Kier molecular flexibility index (Phi) is 9.05. The number of hydrogen-bond acceptors (Lipinski definition) is 6. The number of anilines is 2. The summed E-state index contributed by atoms with van der Waals surface area (Å²) in [5.41, 5.74) is 1.38. The Bertz CT molecular complexity index is 1210. The number of aromatic nitrogens is 2. The van der Waals surface area contributed by atoms with E-state index in [1.165, 1.54) is 43.4 Å². The Morgan fingerprint density at radius 1 is 1.12 bits per heavy atom. The maximum Gasteiger partial charge on any atom is 0.329 e. The minimum atomic E-state index is -0.481. The minimum Gasteiger partial charge on any atom is -0.378 e. The fourth-order valence-corrected chi connectivity index (χ4v) is 6.85. The molecule has 10 heteroatoms. The van der Waals surface area contributed by atoms with Gasteiger partial charge in [-0.15, -0.1) is 0 Å². The average molecular weight is 553 g/mol. The molecule has 1 unspecified atom stereocenters. The number of para-hydroxylation sites is 1. The topological polar surface area (TPSA) is 109 Å². The first-order chi connectivity index (χ1) is 19.3. The van der Waals surface area contributed by atoms with Crippen molar-refractivity contribution in [2.75, 3.05) is 29.9 Å². The molecule has 3 aliphatic rings. The fourth-order valence-electron chi connectivity index (χ4n) is 6.85. The highest BCUT2D eigenvalue weighted by Crippen LogP contribution is 2.32. The molecule has 0 radical (unpaired) electrons. The summed E-state index contributed by atoms with van der Waals surface area (Å²) < 4.78 is 7.98. The van der Waals surface area contributed by atoms with Crippen molar-refractivity contribution in [2.45, 2.75) is 96.2 Å². The van der Waals surface area contributed by atoms with Crippen LogP contribution in [0, 0.1) is 5.92 Å². The molecule has 40 heavy (non-hydrogen) atoms. The van der Waals surface area contributed by atoms with Crippen molar-refractivity contribution in [3.8, 4) is 0 Å². The molecule has 3 fully saturated rings. The number of fused-ring (bicyclic) bond motifs is 1. The van der Waals surface area contributed by atoms with Crippen molar-refractivity contribution in [1.29, 1.82) is 0 Å². The number of hydrogen-bond donors (Lipinski definition) is 2. The van der Waals surface area contributed by atoms with Crippen LogP contribution in [0.4, 0.5) is 16.3 Å². The summed E-state index contributed by atoms with van der Waals surface area (Å²) in [5.74, 6) is 1.00. The van der Waals surface area contributed by atoms with Gasteiger partial charge in [-0.05, 0) is 57.6 Å². The normalized spacial score (nSPS) is 24.9. The molecule has 1 saturated carbocycles. The van der Waals surface area contributed by atoms with Gasteiger partial charge in [-0.25, -0.2) is 4.79 Å². The maximum atomic E-state index is 13.2. The number of ether oxygens (including phenoxy) is 1. The number of carbonyl (C=O) groups is 3. The van der Waals surface area contributed by atoms with E-state index in [0.717, 1.165) is 42.7 Å². The molecule has 1 aromatic heterocycles. The summed E-state index contributed by atoms with van der Waals surface area (Å²) in [5, 5.41) is 10.7. The summed E-state index contributed by atoms with van der Waals surface area (Å²) in [7, 11) is 1.79. The van der Waals surface area contributed by atoms with Crippen LogP contribution >= 0.6 is 0 Å². The lowest BCUT2D eigenvalue weighted by molar-refractivity contribution is -0.121. The molecule has 0 bridgehead atoms. The molecule has 2 aromatic rings. The highest BCUT2D eigenvalue weighted by atomic mass is 16.5. The zero-order chi connectivity index (χ0) is 28.2. The number of carbonyl (C=O) groups excluding carboxylic acids is 3. The van der Waals surface area contributed by atoms with E-state index in [2.05, 4.69) is 34.5 Å². The van der Waals surface area contributed by atoms with Crippen LogP contribution in [0.25, 0.3) is 10.9 Å². The first-order valence-electron chi connectivity index (χ1n) is 15.0. The van der Waals surface area contributed by atoms with Crippen molar-refractivity contribution < 1.29 is 19.1 Å². The van der Waals surface area contributed by atoms with Crippen molar-refractivity contribution in [3.63, 3.8) is 0 Å². The highest BCUT2D eigenvalue weighted by Gasteiger charge is 2.33. The van der Waals surface area contributed by atoms with Crippen LogP contribution in [-0.4, -0.2) is 70.4 Å². The Morgan fingerprint density at radius 2 is 1.88 bits per heavy atom. The molecule has 1 aliphatic carbocycles. The van der Waals surface area contributed by atoms with Gasteiger partial charge in [-0.1, -0.05) is 38.2 Å². The quantitative estimate of drug-likeness (QED) is 0.441. The van der Waals surface area contributed by atoms with Gasteiger partial charge in [0.25, 0.3) is 0 Å². The largest absolute Gasteiger partial charge is 0.378 e. The van der Waals surface area contributed by atoms with Crippen molar-refractivity contribution in [1.82, 2.24) is 20.0 Å². The van der Waals surface area contributed by atoms with E-state index in [1.807, 2.05) is 18.2 Å². The number of aryl methyl sites for hydroxylation is 1. The van der Waals surface area contributed by atoms with Crippen LogP contribution in [0.2, 0.25) is 0 Å². The van der Waals surface area contributed by atoms with Crippen LogP contribution in [-0.2, 0) is 21.4 Å². The van der Waals surface area contributed by atoms with Gasteiger partial charge in [-0.3, -0.25) is 29.4 Å². The average Bonchev–Trinajstić information content (AvgIpc) is 3.26. The standard InChI is InChI=1S/C30H44N6O4/c1-20-17-23(40-16-8-11-22-9-5-4-6-10-22)18-21(2)36(20)19-27(38)31-25-13-7-12-24-28(25)34(3)33-29(24)35-15-14-26(37)32-30(35)39/h7,12-13,20-23H,4-6,8-11,14-19H2,1-3H3,(H,31,38)(H,32,37,39)/t20-,21+,23?. The third kappa shape index (κ3) is 6.49. The molecule has 10 nitrogen and oxygen atoms in total. The number of benzene rings is 1. The zero-order valence-electron chi connectivity index (χ0n) is 24.2. The second kappa shape index (κ2) is 12.7. The molecule has 2 aliphatic heterocycles. The Hall–Kier alpha value is -2.98. The number of piperidine rings is 1. The van der Waals surface area contributed by atoms with Crippen molar-refractivity contribution in [3.05, 3.63) is 18.2 Å². The van der Waals surface area contributed by atoms with Crippen LogP contribution in [0.3, 0.4) is 0 Å². The molecule has 3 heterocycles. The number of urea groups is 1. The second-order valence-corrected chi connectivity index (χ2v) is 11.9. The molecule has 4 amide bonds. The lowest BCUT2D eigenvalue weighted by atomic mass is 9.86. The van der Waals surface area contributed by atoms with E-state index in [4.69, 9.17) is 4.74 Å². The molecule has 0 spiro atoms. The molecule has 2 saturated heterocycles. The SMILES string of the molecule is C[C@@H]1CC(OCCCC2CCCCC2)C[C@H](C)N1CC(=O)Nc1cccc2c(N3CCC(=O)NC3=O)nn(C)c12. The van der Waals surface area contributed by atoms with Gasteiger partial charge in [0.05, 0.1) is 23.9 Å². The summed E-state index contributed by atoms with van der Waals surface area (Å²) in [4.78, 5) is 41.0. The summed E-state index contributed by atoms with van der Waals surface area (Å²) in [6.45, 7) is 5.78. The maximum absolute atomic E-state index is 13.2. The zero-order valence-corrected chi connectivity index (χ0v) is 24.2. The summed E-state index contributed by atoms with van der Waals surface area (Å²) in [6, 6.07) is 5.59. The molecular formula is C30H44N6O4. The summed E-state index contributed by atoms with van der Waals surface area (Å²) in [6.07, 6.45) is 11.8. The predicted molar refractivity (Wildman–Crippen MR) is 155 cm³/mol. The lowest BCUT2D eigenvalue weighted by Gasteiger charge is -2.42. The van der Waals surface area contributed by atoms with Crippen LogP contribution in [0.1, 0.15) is 78.1 Å². The van der Waals surface area contributed by atoms with Crippen LogP contribution in [0.5, 0.6) is 0 Å². The lowest BCUT2D eigenvalue weighted by Crippen LogP contribution is -2.51. The van der Waals surface area contributed by atoms with E-state index >= 15 is 0 Å². The van der Waals surface area contributed by atoms with E-state index < -0.39 is 6.03 Å². The van der Waals surface area contributed by atoms with Gasteiger partial charge in [0.15, 0.2) is 5.82 Å². The van der Waals surface area contributed by atoms with E-state index in [-0.39, 0.29) is 43.0 Å². The number of imide groups is 1. The molecule has 3 atom stereocenters. The van der Waals surface area contributed by atoms with E-state index in [9.17, 15) is 14.4 Å². The smallest absolute Gasteiger partial charge is 0.329 e. The number of nitrogens with zero attached hydrogens (tertiary/aromatic N) is 4. The summed E-state index contributed by atoms with van der Waals surface area (Å²) >= 11 is 0. The first-order valence-corrected chi connectivity index (χ1v) is 15.0. The number of amides is 4. The molecular weight excluding hydrogens is 508 g/mol. The first kappa shape index (κ1) is 28.5. The monoisotopic (exact) mass is 552 g/mol. The molecule has 5 rings (SSSR count). The van der Waals surface area contributed by atoms with Gasteiger partial charge >= 0.3 is 6.03 Å². The number of likely N-dealkylation sites (tertiary alicyclic amines) is 1. The van der Waals surface area contributed by atoms with Crippen LogP contribution < -0.4 is 15.5 Å². The van der Waals surface area contributed by atoms with Gasteiger partial charge in [0, 0.05) is 44.1 Å². The van der Waals surface area contributed by atoms with Crippen molar-refractivity contribution >= 4 is 40.3 Å². The molecule has 218 valence electrons. The van der Waals surface area contributed by atoms with E-state index in [0.29, 0.717) is 18.1 Å². The molecule has 1 aromatic carbocycles. The third-order valence-corrected chi connectivity index (χ3v) is 8.93. The predicted octanol–water partition coefficient (Wildman–Crippen LogP) is 4.58. The Morgan fingerprint density at radius 3 is 2.60 bits per heavy atom. The third-order valence-electron chi connectivity index (χ3n) is 8.93. The fraction of sp³-hybridized carbons (Fsp3) is 0.667. The Balaban J connectivity index is 1.16. The van der Waals surface area contributed by atoms with Gasteiger partial charge < -0.3 is 10.1 Å².